The van der Waals surface area contributed by atoms with Crippen LogP contribution in [-0.4, -0.2) is 40.0 Å². The molecule has 1 N–H and O–H groups in total. The molecular weight excluding hydrogens is 422 g/mol. The van der Waals surface area contributed by atoms with Crippen molar-refractivity contribution >= 4 is 33.0 Å². The Balaban J connectivity index is 1.71. The zero-order chi connectivity index (χ0) is 21.7. The highest BCUT2D eigenvalue weighted by atomic mass is 32.2. The van der Waals surface area contributed by atoms with Gasteiger partial charge in [-0.25, -0.2) is 13.4 Å². The molecule has 7 nitrogen and oxygen atoms in total. The van der Waals surface area contributed by atoms with E-state index in [0.29, 0.717) is 24.4 Å². The van der Waals surface area contributed by atoms with Crippen LogP contribution in [0.15, 0.2) is 58.8 Å². The van der Waals surface area contributed by atoms with Gasteiger partial charge in [-0.15, -0.1) is 11.3 Å². The summed E-state index contributed by atoms with van der Waals surface area (Å²) in [7, 11) is -0.807. The summed E-state index contributed by atoms with van der Waals surface area (Å²) in [6.45, 7) is 2.35. The van der Waals surface area contributed by atoms with E-state index in [1.165, 1.54) is 23.5 Å². The summed E-state index contributed by atoms with van der Waals surface area (Å²) in [4.78, 5) is 16.9. The van der Waals surface area contributed by atoms with Gasteiger partial charge in [0, 0.05) is 31.0 Å². The Labute approximate surface area is 180 Å². The van der Waals surface area contributed by atoms with Crippen LogP contribution >= 0.6 is 11.3 Å². The number of methoxy groups -OCH3 is 1. The maximum atomic E-state index is 13.0. The summed E-state index contributed by atoms with van der Waals surface area (Å²) < 4.78 is 32.3. The van der Waals surface area contributed by atoms with E-state index < -0.39 is 10.0 Å². The largest absolute Gasteiger partial charge is 0.497 e. The van der Waals surface area contributed by atoms with Crippen LogP contribution in [-0.2, 0) is 16.4 Å². The third kappa shape index (κ3) is 4.98. The molecule has 0 aliphatic rings. The molecule has 1 aromatic heterocycles. The van der Waals surface area contributed by atoms with Crippen LogP contribution in [0.5, 0.6) is 5.75 Å². The number of aromatic nitrogens is 1. The highest BCUT2D eigenvalue weighted by molar-refractivity contribution is 7.92. The molecule has 0 bridgehead atoms. The van der Waals surface area contributed by atoms with E-state index in [1.807, 2.05) is 12.3 Å². The van der Waals surface area contributed by atoms with Gasteiger partial charge in [0.15, 0.2) is 0 Å². The number of rotatable bonds is 8. The summed E-state index contributed by atoms with van der Waals surface area (Å²) in [5.74, 6) is 0.308. The molecule has 0 atom stereocenters. The summed E-state index contributed by atoms with van der Waals surface area (Å²) >= 11 is 1.56. The number of carbonyl (C=O) groups excluding carboxylic acids is 1. The van der Waals surface area contributed by atoms with Crippen LogP contribution in [0.2, 0.25) is 0 Å². The molecule has 1 heterocycles. The van der Waals surface area contributed by atoms with Crippen LogP contribution in [0, 0.1) is 6.92 Å². The lowest BCUT2D eigenvalue weighted by Gasteiger charge is -2.20. The summed E-state index contributed by atoms with van der Waals surface area (Å²) in [6, 6.07) is 12.7. The average molecular weight is 446 g/mol. The van der Waals surface area contributed by atoms with Gasteiger partial charge in [-0.05, 0) is 49.4 Å². The Morgan fingerprint density at radius 1 is 1.20 bits per heavy atom. The fraction of sp³-hybridized carbons (Fsp3) is 0.238. The van der Waals surface area contributed by atoms with E-state index >= 15 is 0 Å². The maximum Gasteiger partial charge on any atom is 0.264 e. The van der Waals surface area contributed by atoms with Gasteiger partial charge in [-0.2, -0.15) is 0 Å². The number of benzene rings is 2. The van der Waals surface area contributed by atoms with E-state index in [2.05, 4.69) is 10.3 Å². The predicted octanol–water partition coefficient (Wildman–Crippen LogP) is 3.26. The van der Waals surface area contributed by atoms with Crippen molar-refractivity contribution in [3.63, 3.8) is 0 Å². The fourth-order valence-electron chi connectivity index (χ4n) is 2.82. The number of carbonyl (C=O) groups is 1. The Morgan fingerprint density at radius 3 is 2.57 bits per heavy atom. The van der Waals surface area contributed by atoms with Gasteiger partial charge in [0.05, 0.1) is 28.4 Å². The lowest BCUT2D eigenvalue weighted by Crippen LogP contribution is -2.28. The molecule has 0 aliphatic heterocycles. The van der Waals surface area contributed by atoms with Gasteiger partial charge >= 0.3 is 0 Å². The quantitative estimate of drug-likeness (QED) is 0.575. The highest BCUT2D eigenvalue weighted by Crippen LogP contribution is 2.24. The highest BCUT2D eigenvalue weighted by Gasteiger charge is 2.22. The molecule has 1 amide bonds. The second-order valence-electron chi connectivity index (χ2n) is 6.56. The van der Waals surface area contributed by atoms with Crippen LogP contribution in [0.1, 0.15) is 21.1 Å². The smallest absolute Gasteiger partial charge is 0.264 e. The third-order valence-electron chi connectivity index (χ3n) is 4.52. The summed E-state index contributed by atoms with van der Waals surface area (Å²) in [5, 5.41) is 5.76. The molecule has 3 aromatic rings. The van der Waals surface area contributed by atoms with Crippen LogP contribution < -0.4 is 14.4 Å². The van der Waals surface area contributed by atoms with E-state index in [1.54, 1.807) is 54.8 Å². The van der Waals surface area contributed by atoms with E-state index in [-0.39, 0.29) is 16.4 Å². The second-order valence-corrected chi connectivity index (χ2v) is 9.59. The Morgan fingerprint density at radius 2 is 1.93 bits per heavy atom. The molecule has 0 spiro atoms. The molecule has 9 heteroatoms. The first-order valence-electron chi connectivity index (χ1n) is 9.23. The normalized spacial score (nSPS) is 11.2. The minimum atomic E-state index is -3.82. The number of amides is 1. The SMILES string of the molecule is COc1ccc(N(C)S(=O)(=O)c2cccc(C(=O)NCCc3csc(C)n3)c2)cc1. The lowest BCUT2D eigenvalue weighted by atomic mass is 10.2. The molecule has 0 fully saturated rings. The minimum Gasteiger partial charge on any atom is -0.497 e. The number of thiazole rings is 1. The monoisotopic (exact) mass is 445 g/mol. The number of nitrogens with one attached hydrogen (secondary N) is 1. The molecule has 158 valence electrons. The molecule has 0 radical (unpaired) electrons. The molecule has 30 heavy (non-hydrogen) atoms. The Hall–Kier alpha value is -2.91. The van der Waals surface area contributed by atoms with Gasteiger partial charge in [0.1, 0.15) is 5.75 Å². The average Bonchev–Trinajstić information content (AvgIpc) is 3.18. The van der Waals surface area contributed by atoms with Crippen molar-refractivity contribution in [2.24, 2.45) is 0 Å². The lowest BCUT2D eigenvalue weighted by molar-refractivity contribution is 0.0954. The topological polar surface area (TPSA) is 88.6 Å². The third-order valence-corrected chi connectivity index (χ3v) is 7.13. The van der Waals surface area contributed by atoms with Crippen LogP contribution in [0.4, 0.5) is 5.69 Å². The number of sulfonamides is 1. The van der Waals surface area contributed by atoms with E-state index in [9.17, 15) is 13.2 Å². The minimum absolute atomic E-state index is 0.0450. The summed E-state index contributed by atoms with van der Waals surface area (Å²) in [5.41, 5.74) is 1.70. The number of nitrogens with zero attached hydrogens (tertiary/aromatic N) is 2. The Bertz CT molecular complexity index is 1130. The zero-order valence-corrected chi connectivity index (χ0v) is 18.6. The zero-order valence-electron chi connectivity index (χ0n) is 17.0. The second kappa shape index (κ2) is 9.27. The van der Waals surface area contributed by atoms with Gasteiger partial charge in [0.2, 0.25) is 0 Å². The first-order valence-corrected chi connectivity index (χ1v) is 11.6. The summed E-state index contributed by atoms with van der Waals surface area (Å²) in [6.07, 6.45) is 0.619. The van der Waals surface area contributed by atoms with Crippen LogP contribution in [0.25, 0.3) is 0 Å². The molecule has 0 saturated heterocycles. The van der Waals surface area contributed by atoms with Crippen molar-refractivity contribution in [2.75, 3.05) is 25.0 Å². The van der Waals surface area contributed by atoms with Gasteiger partial charge in [0.25, 0.3) is 15.9 Å². The van der Waals surface area contributed by atoms with Gasteiger partial charge < -0.3 is 10.1 Å². The van der Waals surface area contributed by atoms with Crippen molar-refractivity contribution in [2.45, 2.75) is 18.2 Å². The molecular formula is C21H23N3O4S2. The molecule has 3 rings (SSSR count). The number of hydrogen-bond donors (Lipinski definition) is 1. The fourth-order valence-corrected chi connectivity index (χ4v) is 4.71. The van der Waals surface area contributed by atoms with Crippen LogP contribution in [0.3, 0.4) is 0 Å². The molecule has 0 aliphatic carbocycles. The molecule has 0 saturated carbocycles. The van der Waals surface area contributed by atoms with E-state index in [4.69, 9.17) is 4.74 Å². The first kappa shape index (κ1) is 21.8. The molecule has 0 unspecified atom stereocenters. The van der Waals surface area contributed by atoms with Crippen molar-refractivity contribution in [3.05, 3.63) is 70.2 Å². The number of aryl methyl sites for hydroxylation is 1. The first-order chi connectivity index (χ1) is 14.3. The number of anilines is 1. The maximum absolute atomic E-state index is 13.0. The Kier molecular flexibility index (Phi) is 6.73. The predicted molar refractivity (Wildman–Crippen MR) is 118 cm³/mol. The van der Waals surface area contributed by atoms with Crippen molar-refractivity contribution in [1.29, 1.82) is 0 Å². The van der Waals surface area contributed by atoms with Gasteiger partial charge in [-0.1, -0.05) is 6.07 Å². The van der Waals surface area contributed by atoms with E-state index in [0.717, 1.165) is 10.7 Å². The van der Waals surface area contributed by atoms with Crippen molar-refractivity contribution < 1.29 is 17.9 Å². The molecule has 2 aromatic carbocycles. The van der Waals surface area contributed by atoms with Gasteiger partial charge in [-0.3, -0.25) is 9.10 Å². The van der Waals surface area contributed by atoms with Crippen molar-refractivity contribution in [3.8, 4) is 5.75 Å². The number of hydrogen-bond acceptors (Lipinski definition) is 6. The standard InChI is InChI=1S/C21H23N3O4S2/c1-15-23-17(14-29-15)11-12-22-21(25)16-5-4-6-20(13-16)30(26,27)24(2)18-7-9-19(28-3)10-8-18/h4-10,13-14H,11-12H2,1-3H3,(H,22,25). The number of ether oxygens (including phenoxy) is 1. The van der Waals surface area contributed by atoms with Crippen molar-refractivity contribution in [1.82, 2.24) is 10.3 Å².